The first-order valence-electron chi connectivity index (χ1n) is 9.23. The Morgan fingerprint density at radius 2 is 2.10 bits per heavy atom. The summed E-state index contributed by atoms with van der Waals surface area (Å²) in [5, 5.41) is 15.0. The molecule has 0 bridgehead atoms. The number of thiocarbonyl (C=S) groups is 1. The van der Waals surface area contributed by atoms with Crippen LogP contribution in [0.2, 0.25) is 5.02 Å². The van der Waals surface area contributed by atoms with Crippen LogP contribution in [-0.2, 0) is 11.3 Å². The Labute approximate surface area is 179 Å². The molecule has 0 unspecified atom stereocenters. The number of nitrogens with zero attached hydrogens (tertiary/aromatic N) is 3. The molecule has 2 aromatic heterocycles. The lowest BCUT2D eigenvalue weighted by Crippen LogP contribution is -2.30. The van der Waals surface area contributed by atoms with E-state index >= 15 is 0 Å². The van der Waals surface area contributed by atoms with Crippen LogP contribution in [0, 0.1) is 0 Å². The lowest BCUT2D eigenvalue weighted by Gasteiger charge is -2.29. The number of halogens is 1. The normalized spacial score (nSPS) is 18.8. The molecule has 0 radical (unpaired) electrons. The molecule has 2 N–H and O–H groups in total. The Hall–Kier alpha value is -2.61. The largest absolute Gasteiger partial charge is 0.506 e. The predicted octanol–water partition coefficient (Wildman–Crippen LogP) is 4.07. The highest BCUT2D eigenvalue weighted by Gasteiger charge is 2.42. The molecule has 0 amide bonds. The van der Waals surface area contributed by atoms with Gasteiger partial charge in [-0.2, -0.15) is 0 Å². The number of methoxy groups -OCH3 is 1. The van der Waals surface area contributed by atoms with Crippen molar-refractivity contribution in [3.63, 3.8) is 0 Å². The van der Waals surface area contributed by atoms with Crippen LogP contribution in [0.3, 0.4) is 0 Å². The number of benzene rings is 1. The van der Waals surface area contributed by atoms with Gasteiger partial charge in [0.2, 0.25) is 0 Å². The highest BCUT2D eigenvalue weighted by Crippen LogP contribution is 2.44. The summed E-state index contributed by atoms with van der Waals surface area (Å²) in [5.41, 5.74) is 2.45. The monoisotopic (exact) mass is 428 g/mol. The zero-order valence-corrected chi connectivity index (χ0v) is 17.4. The minimum absolute atomic E-state index is 0.111. The summed E-state index contributed by atoms with van der Waals surface area (Å²) in [5.74, 6) is 0.111. The third-order valence-corrected chi connectivity index (χ3v) is 5.55. The molecule has 6 nitrogen and oxygen atoms in total. The van der Waals surface area contributed by atoms with Crippen molar-refractivity contribution in [3.05, 3.63) is 77.3 Å². The molecule has 8 heteroatoms. The number of anilines is 1. The van der Waals surface area contributed by atoms with Gasteiger partial charge < -0.3 is 24.6 Å². The van der Waals surface area contributed by atoms with Crippen molar-refractivity contribution in [2.75, 3.05) is 18.6 Å². The summed E-state index contributed by atoms with van der Waals surface area (Å²) in [6.07, 6.45) is 3.78. The highest BCUT2D eigenvalue weighted by atomic mass is 35.5. The Morgan fingerprint density at radius 1 is 1.24 bits per heavy atom. The number of aromatic hydroxyl groups is 1. The van der Waals surface area contributed by atoms with Crippen LogP contribution in [0.15, 0.2) is 60.9 Å². The maximum Gasteiger partial charge on any atom is 0.174 e. The van der Waals surface area contributed by atoms with E-state index in [-0.39, 0.29) is 17.8 Å². The van der Waals surface area contributed by atoms with Crippen molar-refractivity contribution in [1.82, 2.24) is 14.9 Å². The van der Waals surface area contributed by atoms with E-state index in [1.54, 1.807) is 31.5 Å². The first kappa shape index (κ1) is 19.7. The minimum Gasteiger partial charge on any atom is -0.506 e. The van der Waals surface area contributed by atoms with Crippen molar-refractivity contribution in [2.45, 2.75) is 18.6 Å². The van der Waals surface area contributed by atoms with E-state index in [0.29, 0.717) is 29.0 Å². The number of phenols is 1. The summed E-state index contributed by atoms with van der Waals surface area (Å²) >= 11 is 11.9. The van der Waals surface area contributed by atoms with Crippen molar-refractivity contribution in [1.29, 1.82) is 0 Å². The van der Waals surface area contributed by atoms with Crippen molar-refractivity contribution < 1.29 is 9.84 Å². The van der Waals surface area contributed by atoms with Gasteiger partial charge >= 0.3 is 0 Å². The van der Waals surface area contributed by atoms with E-state index in [1.165, 1.54) is 0 Å². The first-order chi connectivity index (χ1) is 14.1. The molecule has 1 fully saturated rings. The second kappa shape index (κ2) is 8.41. The van der Waals surface area contributed by atoms with E-state index in [4.69, 9.17) is 28.6 Å². The number of phenolic OH excluding ortho intramolecular Hbond substituents is 1. The fourth-order valence-corrected chi connectivity index (χ4v) is 4.20. The third kappa shape index (κ3) is 3.81. The Morgan fingerprint density at radius 3 is 2.86 bits per heavy atom. The van der Waals surface area contributed by atoms with Crippen LogP contribution in [-0.4, -0.2) is 33.5 Å². The topological polar surface area (TPSA) is 62.5 Å². The lowest BCUT2D eigenvalue weighted by molar-refractivity contribution is 0.186. The molecule has 150 valence electrons. The summed E-state index contributed by atoms with van der Waals surface area (Å²) in [4.78, 5) is 6.46. The van der Waals surface area contributed by atoms with E-state index in [9.17, 15) is 5.11 Å². The number of ether oxygens (including phenoxy) is 1. The Balaban J connectivity index is 1.84. The number of hydrogen-bond donors (Lipinski definition) is 2. The number of nitrogens with one attached hydrogen (secondary N) is 1. The first-order valence-corrected chi connectivity index (χ1v) is 10.0. The van der Waals surface area contributed by atoms with E-state index in [2.05, 4.69) is 20.9 Å². The summed E-state index contributed by atoms with van der Waals surface area (Å²) < 4.78 is 7.40. The fraction of sp³-hybridized carbons (Fsp3) is 0.238. The number of rotatable bonds is 6. The van der Waals surface area contributed by atoms with Crippen LogP contribution in [0.4, 0.5) is 5.69 Å². The van der Waals surface area contributed by atoms with Crippen LogP contribution in [0.5, 0.6) is 5.75 Å². The molecule has 1 aliphatic rings. The molecule has 0 saturated carbocycles. The van der Waals surface area contributed by atoms with E-state index in [0.717, 1.165) is 11.4 Å². The average molecular weight is 429 g/mol. The molecule has 4 rings (SSSR count). The molecular formula is C21H21ClN4O2S. The van der Waals surface area contributed by atoms with E-state index in [1.807, 2.05) is 35.4 Å². The maximum absolute atomic E-state index is 10.6. The average Bonchev–Trinajstić information content (AvgIpc) is 3.32. The zero-order valence-electron chi connectivity index (χ0n) is 15.8. The molecule has 3 heterocycles. The van der Waals surface area contributed by atoms with Crippen molar-refractivity contribution in [3.8, 4) is 5.75 Å². The van der Waals surface area contributed by atoms with Gasteiger partial charge in [0, 0.05) is 36.8 Å². The van der Waals surface area contributed by atoms with Crippen LogP contribution in [0.25, 0.3) is 0 Å². The molecule has 1 aliphatic heterocycles. The van der Waals surface area contributed by atoms with Crippen LogP contribution < -0.4 is 10.2 Å². The predicted molar refractivity (Wildman–Crippen MR) is 117 cm³/mol. The second-order valence-electron chi connectivity index (χ2n) is 6.75. The van der Waals surface area contributed by atoms with Gasteiger partial charge in [0.25, 0.3) is 0 Å². The fourth-order valence-electron chi connectivity index (χ4n) is 3.69. The standard InChI is InChI=1S/C21H21ClN4O2S/c1-28-12-11-25-10-4-6-16(25)20-19(15-5-2-3-9-23-15)24-21(29)26(20)17-13-14(22)7-8-18(17)27/h2-10,13,19-20,27H,11-12H2,1H3,(H,24,29)/t19-,20+/m1/s1. The third-order valence-electron chi connectivity index (χ3n) is 5.00. The zero-order chi connectivity index (χ0) is 20.4. The molecule has 0 spiro atoms. The molecule has 2 atom stereocenters. The minimum atomic E-state index is -0.228. The lowest BCUT2D eigenvalue weighted by atomic mass is 10.0. The van der Waals surface area contributed by atoms with Gasteiger partial charge in [-0.25, -0.2) is 0 Å². The summed E-state index contributed by atoms with van der Waals surface area (Å²) in [6, 6.07) is 14.4. The molecular weight excluding hydrogens is 408 g/mol. The van der Waals surface area contributed by atoms with Gasteiger partial charge in [0.1, 0.15) is 11.8 Å². The Bertz CT molecular complexity index is 1010. The molecule has 1 saturated heterocycles. The number of hydrogen-bond acceptors (Lipinski definition) is 4. The quantitative estimate of drug-likeness (QED) is 0.577. The SMILES string of the molecule is COCCn1cccc1[C@H]1[C@@H](c2ccccn2)NC(=S)N1c1cc(Cl)ccc1O. The summed E-state index contributed by atoms with van der Waals surface area (Å²) in [6.45, 7) is 1.29. The van der Waals surface area contributed by atoms with Crippen molar-refractivity contribution in [2.24, 2.45) is 0 Å². The molecule has 1 aromatic carbocycles. The number of pyridine rings is 1. The van der Waals surface area contributed by atoms with Gasteiger partial charge in [-0.1, -0.05) is 17.7 Å². The van der Waals surface area contributed by atoms with Crippen molar-refractivity contribution >= 4 is 34.6 Å². The van der Waals surface area contributed by atoms with E-state index < -0.39 is 0 Å². The van der Waals surface area contributed by atoms with Crippen LogP contribution in [0.1, 0.15) is 23.5 Å². The second-order valence-corrected chi connectivity index (χ2v) is 7.57. The highest BCUT2D eigenvalue weighted by molar-refractivity contribution is 7.80. The Kier molecular flexibility index (Phi) is 5.71. The van der Waals surface area contributed by atoms with Gasteiger partial charge in [-0.15, -0.1) is 0 Å². The molecule has 29 heavy (non-hydrogen) atoms. The number of aromatic nitrogens is 2. The maximum atomic E-state index is 10.6. The molecule has 3 aromatic rings. The van der Waals surface area contributed by atoms with Crippen LogP contribution >= 0.6 is 23.8 Å². The summed E-state index contributed by atoms with van der Waals surface area (Å²) in [7, 11) is 1.68. The molecule has 0 aliphatic carbocycles. The van der Waals surface area contributed by atoms with Gasteiger partial charge in [-0.3, -0.25) is 4.98 Å². The van der Waals surface area contributed by atoms with Gasteiger partial charge in [0.05, 0.1) is 24.0 Å². The van der Waals surface area contributed by atoms with Gasteiger partial charge in [-0.05, 0) is 54.7 Å². The van der Waals surface area contributed by atoms with Gasteiger partial charge in [0.15, 0.2) is 5.11 Å². The smallest absolute Gasteiger partial charge is 0.174 e.